The van der Waals surface area contributed by atoms with Crippen LogP contribution in [0.1, 0.15) is 38.8 Å². The summed E-state index contributed by atoms with van der Waals surface area (Å²) >= 11 is 1.30. The number of halogens is 3. The number of hydrogen-bond donors (Lipinski definition) is 0. The number of thiazole rings is 1. The van der Waals surface area contributed by atoms with E-state index in [1.807, 2.05) is 0 Å². The van der Waals surface area contributed by atoms with Gasteiger partial charge < -0.3 is 4.90 Å². The summed E-state index contributed by atoms with van der Waals surface area (Å²) in [6, 6.07) is 5.39. The van der Waals surface area contributed by atoms with Crippen LogP contribution in [-0.2, 0) is 6.18 Å². The Kier molecular flexibility index (Phi) is 4.14. The lowest BCUT2D eigenvalue weighted by molar-refractivity contribution is -0.137. The van der Waals surface area contributed by atoms with E-state index < -0.39 is 11.7 Å². The fraction of sp³-hybridized carbons (Fsp3) is 0.375. The first-order valence-electron chi connectivity index (χ1n) is 7.23. The van der Waals surface area contributed by atoms with Crippen molar-refractivity contribution in [3.05, 3.63) is 51.5 Å². The molecule has 0 saturated carbocycles. The van der Waals surface area contributed by atoms with Crippen LogP contribution in [0.15, 0.2) is 29.8 Å². The maximum absolute atomic E-state index is 12.8. The lowest BCUT2D eigenvalue weighted by Gasteiger charge is -2.17. The second-order valence-corrected chi connectivity index (χ2v) is 6.48. The molecule has 2 aromatic rings. The van der Waals surface area contributed by atoms with E-state index in [1.54, 1.807) is 23.4 Å². The number of likely N-dealkylation sites (tertiary alicyclic amines) is 1. The van der Waals surface area contributed by atoms with E-state index in [-0.39, 0.29) is 11.8 Å². The molecule has 3 rings (SSSR count). The third-order valence-corrected chi connectivity index (χ3v) is 5.02. The van der Waals surface area contributed by atoms with Crippen LogP contribution in [-0.4, -0.2) is 28.9 Å². The maximum Gasteiger partial charge on any atom is 0.416 e. The summed E-state index contributed by atoms with van der Waals surface area (Å²) in [6.07, 6.45) is -3.67. The number of aromatic nitrogens is 1. The lowest BCUT2D eigenvalue weighted by atomic mass is 9.96. The summed E-state index contributed by atoms with van der Waals surface area (Å²) in [7, 11) is 0. The van der Waals surface area contributed by atoms with Gasteiger partial charge in [0.05, 0.1) is 16.8 Å². The Hall–Kier alpha value is -1.89. The topological polar surface area (TPSA) is 33.2 Å². The molecule has 2 heterocycles. The van der Waals surface area contributed by atoms with Gasteiger partial charge in [0.1, 0.15) is 4.88 Å². The van der Waals surface area contributed by atoms with Crippen LogP contribution in [0.25, 0.3) is 0 Å². The number of benzene rings is 1. The van der Waals surface area contributed by atoms with Gasteiger partial charge in [0.15, 0.2) is 0 Å². The van der Waals surface area contributed by atoms with Gasteiger partial charge in [0.25, 0.3) is 5.91 Å². The zero-order valence-corrected chi connectivity index (χ0v) is 13.2. The average Bonchev–Trinajstić information content (AvgIpc) is 3.15. The van der Waals surface area contributed by atoms with Gasteiger partial charge >= 0.3 is 6.18 Å². The molecule has 23 heavy (non-hydrogen) atoms. The highest BCUT2D eigenvalue weighted by atomic mass is 32.1. The molecule has 1 unspecified atom stereocenters. The molecule has 122 valence electrons. The number of aryl methyl sites for hydroxylation is 1. The molecule has 0 N–H and O–H groups in total. The number of rotatable bonds is 2. The second-order valence-electron chi connectivity index (χ2n) is 5.63. The highest BCUT2D eigenvalue weighted by Gasteiger charge is 2.33. The van der Waals surface area contributed by atoms with Crippen LogP contribution in [0, 0.1) is 6.92 Å². The summed E-state index contributed by atoms with van der Waals surface area (Å²) in [6.45, 7) is 2.78. The van der Waals surface area contributed by atoms with E-state index in [0.29, 0.717) is 35.6 Å². The number of amides is 1. The van der Waals surface area contributed by atoms with Crippen molar-refractivity contribution in [2.75, 3.05) is 13.1 Å². The molecular weight excluding hydrogens is 325 g/mol. The summed E-state index contributed by atoms with van der Waals surface area (Å²) in [4.78, 5) is 18.8. The molecule has 0 bridgehead atoms. The Morgan fingerprint density at radius 2 is 2.17 bits per heavy atom. The largest absolute Gasteiger partial charge is 0.416 e. The first kappa shape index (κ1) is 16.0. The van der Waals surface area contributed by atoms with Gasteiger partial charge in [-0.3, -0.25) is 4.79 Å². The number of alkyl halides is 3. The Morgan fingerprint density at radius 1 is 1.39 bits per heavy atom. The fourth-order valence-electron chi connectivity index (χ4n) is 2.84. The van der Waals surface area contributed by atoms with Gasteiger partial charge in [-0.15, -0.1) is 11.3 Å². The number of nitrogens with zero attached hydrogens (tertiary/aromatic N) is 2. The van der Waals surface area contributed by atoms with Crippen molar-refractivity contribution in [3.8, 4) is 0 Å². The van der Waals surface area contributed by atoms with Gasteiger partial charge in [-0.1, -0.05) is 18.2 Å². The summed E-state index contributed by atoms with van der Waals surface area (Å²) in [5, 5.41) is 0. The first-order valence-corrected chi connectivity index (χ1v) is 8.10. The van der Waals surface area contributed by atoms with Crippen molar-refractivity contribution >= 4 is 17.2 Å². The molecule has 7 heteroatoms. The zero-order chi connectivity index (χ0) is 16.6. The molecule has 1 aliphatic heterocycles. The predicted molar refractivity (Wildman–Crippen MR) is 81.6 cm³/mol. The summed E-state index contributed by atoms with van der Waals surface area (Å²) < 4.78 is 38.5. The van der Waals surface area contributed by atoms with Crippen LogP contribution >= 0.6 is 11.3 Å². The van der Waals surface area contributed by atoms with E-state index in [4.69, 9.17) is 0 Å². The van der Waals surface area contributed by atoms with E-state index >= 15 is 0 Å². The Balaban J connectivity index is 1.75. The predicted octanol–water partition coefficient (Wildman–Crippen LogP) is 4.10. The Morgan fingerprint density at radius 3 is 2.83 bits per heavy atom. The molecule has 1 saturated heterocycles. The monoisotopic (exact) mass is 340 g/mol. The van der Waals surface area contributed by atoms with Crippen LogP contribution in [0.5, 0.6) is 0 Å². The average molecular weight is 340 g/mol. The van der Waals surface area contributed by atoms with Crippen molar-refractivity contribution in [1.29, 1.82) is 0 Å². The maximum atomic E-state index is 12.8. The lowest BCUT2D eigenvalue weighted by Crippen LogP contribution is -2.28. The molecule has 3 nitrogen and oxygen atoms in total. The van der Waals surface area contributed by atoms with Crippen LogP contribution in [0.3, 0.4) is 0 Å². The molecule has 1 fully saturated rings. The molecule has 1 atom stereocenters. The molecule has 1 amide bonds. The van der Waals surface area contributed by atoms with Crippen LogP contribution in [0.4, 0.5) is 13.2 Å². The molecule has 1 aromatic carbocycles. The smallest absolute Gasteiger partial charge is 0.337 e. The van der Waals surface area contributed by atoms with Crippen molar-refractivity contribution in [2.45, 2.75) is 25.4 Å². The standard InChI is InChI=1S/C16H15F3N2OS/c1-10-14(23-9-20-10)15(22)21-6-5-12(8-21)11-3-2-4-13(7-11)16(17,18)19/h2-4,7,9,12H,5-6,8H2,1H3. The minimum Gasteiger partial charge on any atom is -0.337 e. The minimum absolute atomic E-state index is 0.0607. The van der Waals surface area contributed by atoms with Crippen molar-refractivity contribution in [1.82, 2.24) is 9.88 Å². The van der Waals surface area contributed by atoms with E-state index in [0.717, 1.165) is 6.07 Å². The number of carbonyl (C=O) groups excluding carboxylic acids is 1. The normalized spacial score (nSPS) is 18.4. The molecular formula is C16H15F3N2OS. The van der Waals surface area contributed by atoms with Crippen molar-refractivity contribution < 1.29 is 18.0 Å². The minimum atomic E-state index is -4.34. The second kappa shape index (κ2) is 5.96. The van der Waals surface area contributed by atoms with Gasteiger partial charge in [-0.2, -0.15) is 13.2 Å². The molecule has 0 aliphatic carbocycles. The highest BCUT2D eigenvalue weighted by molar-refractivity contribution is 7.11. The van der Waals surface area contributed by atoms with E-state index in [1.165, 1.54) is 23.5 Å². The third kappa shape index (κ3) is 3.24. The third-order valence-electron chi connectivity index (χ3n) is 4.10. The van der Waals surface area contributed by atoms with Gasteiger partial charge in [0.2, 0.25) is 0 Å². The van der Waals surface area contributed by atoms with Crippen LogP contribution < -0.4 is 0 Å². The number of hydrogen-bond acceptors (Lipinski definition) is 3. The summed E-state index contributed by atoms with van der Waals surface area (Å²) in [5.74, 6) is -0.144. The quantitative estimate of drug-likeness (QED) is 0.825. The molecule has 0 spiro atoms. The van der Waals surface area contributed by atoms with Crippen LogP contribution in [0.2, 0.25) is 0 Å². The Labute approximate surface area is 135 Å². The van der Waals surface area contributed by atoms with Gasteiger partial charge in [-0.25, -0.2) is 4.98 Å². The van der Waals surface area contributed by atoms with E-state index in [2.05, 4.69) is 4.98 Å². The highest BCUT2D eigenvalue weighted by Crippen LogP contribution is 2.34. The number of carbonyl (C=O) groups is 1. The van der Waals surface area contributed by atoms with Gasteiger partial charge in [0, 0.05) is 19.0 Å². The fourth-order valence-corrected chi connectivity index (χ4v) is 3.61. The Bertz CT molecular complexity index is 726. The summed E-state index contributed by atoms with van der Waals surface area (Å²) in [5.41, 5.74) is 2.32. The van der Waals surface area contributed by atoms with Crippen molar-refractivity contribution in [2.24, 2.45) is 0 Å². The van der Waals surface area contributed by atoms with Gasteiger partial charge in [-0.05, 0) is 25.0 Å². The first-order chi connectivity index (χ1) is 10.9. The molecule has 0 radical (unpaired) electrons. The zero-order valence-electron chi connectivity index (χ0n) is 12.4. The SMILES string of the molecule is Cc1ncsc1C(=O)N1CCC(c2cccc(C(F)(F)F)c2)C1. The molecule has 1 aliphatic rings. The van der Waals surface area contributed by atoms with E-state index in [9.17, 15) is 18.0 Å². The van der Waals surface area contributed by atoms with Crippen molar-refractivity contribution in [3.63, 3.8) is 0 Å². The molecule has 1 aromatic heterocycles.